The second-order valence-corrected chi connectivity index (χ2v) is 7.37. The molecule has 1 heterocycles. The molecule has 19 heavy (non-hydrogen) atoms. The predicted molar refractivity (Wildman–Crippen MR) is 69.6 cm³/mol. The quantitative estimate of drug-likeness (QED) is 0.659. The molecule has 7 nitrogen and oxygen atoms in total. The van der Waals surface area contributed by atoms with Gasteiger partial charge in [-0.1, -0.05) is 6.92 Å². The van der Waals surface area contributed by atoms with Crippen molar-refractivity contribution < 1.29 is 23.1 Å². The molecule has 0 aromatic heterocycles. The van der Waals surface area contributed by atoms with Gasteiger partial charge in [-0.2, -0.15) is 0 Å². The molecule has 1 fully saturated rings. The molecule has 0 bridgehead atoms. The third-order valence-electron chi connectivity index (χ3n) is 3.27. The Balaban J connectivity index is 2.46. The molecule has 0 aliphatic carbocycles. The summed E-state index contributed by atoms with van der Waals surface area (Å²) < 4.78 is 22.8. The first-order chi connectivity index (χ1) is 8.67. The maximum Gasteiger partial charge on any atom is 0.315 e. The highest BCUT2D eigenvalue weighted by molar-refractivity contribution is 7.91. The van der Waals surface area contributed by atoms with E-state index >= 15 is 0 Å². The molecule has 0 saturated carbocycles. The Morgan fingerprint density at radius 3 is 2.47 bits per heavy atom. The van der Waals surface area contributed by atoms with Crippen molar-refractivity contribution in [1.82, 2.24) is 10.6 Å². The lowest BCUT2D eigenvalue weighted by molar-refractivity contribution is -0.141. The maximum absolute atomic E-state index is 11.6. The zero-order chi connectivity index (χ0) is 14.7. The van der Waals surface area contributed by atoms with E-state index in [9.17, 15) is 18.0 Å². The Kier molecular flexibility index (Phi) is 4.78. The lowest BCUT2D eigenvalue weighted by atomic mass is 10.0. The molecular formula is C11H20N2O5S. The van der Waals surface area contributed by atoms with Gasteiger partial charge < -0.3 is 15.7 Å². The second-order valence-electron chi connectivity index (χ2n) is 5.18. The summed E-state index contributed by atoms with van der Waals surface area (Å²) in [5.74, 6) is -1.61. The van der Waals surface area contributed by atoms with Gasteiger partial charge in [-0.15, -0.1) is 0 Å². The standard InChI is InChI=1S/C11H20N2O5S/c1-3-8(9(14)15)6-12-10(16)13-11(2)4-5-19(17,18)7-11/h8H,3-7H2,1-2H3,(H,14,15)(H2,12,13,16). The number of carboxylic acid groups (broad SMARTS) is 1. The molecule has 0 aromatic carbocycles. The number of carboxylic acids is 1. The van der Waals surface area contributed by atoms with Gasteiger partial charge in [0, 0.05) is 6.54 Å². The van der Waals surface area contributed by atoms with Crippen molar-refractivity contribution in [1.29, 1.82) is 0 Å². The van der Waals surface area contributed by atoms with Crippen LogP contribution in [0.5, 0.6) is 0 Å². The van der Waals surface area contributed by atoms with Crippen molar-refractivity contribution in [3.8, 4) is 0 Å². The lowest BCUT2D eigenvalue weighted by Crippen LogP contribution is -2.52. The van der Waals surface area contributed by atoms with Crippen LogP contribution in [-0.4, -0.2) is 49.1 Å². The summed E-state index contributed by atoms with van der Waals surface area (Å²) in [4.78, 5) is 22.4. The van der Waals surface area contributed by atoms with E-state index in [4.69, 9.17) is 5.11 Å². The lowest BCUT2D eigenvalue weighted by Gasteiger charge is -2.24. The molecule has 1 aliphatic rings. The first-order valence-corrected chi connectivity index (χ1v) is 7.99. The second kappa shape index (κ2) is 5.77. The Labute approximate surface area is 112 Å². The fourth-order valence-corrected chi connectivity index (χ4v) is 4.14. The fraction of sp³-hybridized carbons (Fsp3) is 0.818. The van der Waals surface area contributed by atoms with Crippen molar-refractivity contribution in [2.45, 2.75) is 32.2 Å². The SMILES string of the molecule is CCC(CNC(=O)NC1(C)CCS(=O)(=O)C1)C(=O)O. The molecule has 8 heteroatoms. The molecule has 0 aromatic rings. The minimum Gasteiger partial charge on any atom is -0.481 e. The Hall–Kier alpha value is -1.31. The van der Waals surface area contributed by atoms with Gasteiger partial charge in [0.25, 0.3) is 0 Å². The molecule has 1 aliphatic heterocycles. The number of nitrogens with one attached hydrogen (secondary N) is 2. The van der Waals surface area contributed by atoms with Gasteiger partial charge in [0.1, 0.15) is 0 Å². The average molecular weight is 292 g/mol. The minimum atomic E-state index is -3.09. The van der Waals surface area contributed by atoms with Crippen LogP contribution in [0.25, 0.3) is 0 Å². The highest BCUT2D eigenvalue weighted by atomic mass is 32.2. The summed E-state index contributed by atoms with van der Waals surface area (Å²) in [6.45, 7) is 3.43. The number of carbonyl (C=O) groups is 2. The molecule has 0 spiro atoms. The van der Waals surface area contributed by atoms with Gasteiger partial charge in [0.05, 0.1) is 23.0 Å². The summed E-state index contributed by atoms with van der Waals surface area (Å²) in [6.07, 6.45) is 0.792. The van der Waals surface area contributed by atoms with Crippen LogP contribution in [0.2, 0.25) is 0 Å². The maximum atomic E-state index is 11.6. The Morgan fingerprint density at radius 1 is 1.42 bits per heavy atom. The topological polar surface area (TPSA) is 113 Å². The third kappa shape index (κ3) is 4.70. The van der Waals surface area contributed by atoms with Gasteiger partial charge in [-0.25, -0.2) is 13.2 Å². The first kappa shape index (κ1) is 15.7. The van der Waals surface area contributed by atoms with Crippen LogP contribution < -0.4 is 10.6 Å². The number of hydrogen-bond acceptors (Lipinski definition) is 4. The summed E-state index contributed by atoms with van der Waals surface area (Å²) in [5, 5.41) is 13.9. The van der Waals surface area contributed by atoms with Crippen LogP contribution in [0, 0.1) is 5.92 Å². The molecule has 2 atom stereocenters. The minimum absolute atomic E-state index is 0.0283. The van der Waals surface area contributed by atoms with Crippen LogP contribution in [-0.2, 0) is 14.6 Å². The largest absolute Gasteiger partial charge is 0.481 e. The van der Waals surface area contributed by atoms with Gasteiger partial charge in [-0.3, -0.25) is 4.79 Å². The smallest absolute Gasteiger partial charge is 0.315 e. The Bertz CT molecular complexity index is 462. The summed E-state index contributed by atoms with van der Waals surface area (Å²) in [7, 11) is -3.09. The van der Waals surface area contributed by atoms with Gasteiger partial charge >= 0.3 is 12.0 Å². The fourth-order valence-electron chi connectivity index (χ4n) is 2.05. The van der Waals surface area contributed by atoms with Crippen molar-refractivity contribution in [3.63, 3.8) is 0 Å². The van der Waals surface area contributed by atoms with Crippen molar-refractivity contribution in [3.05, 3.63) is 0 Å². The highest BCUT2D eigenvalue weighted by Crippen LogP contribution is 2.22. The number of sulfone groups is 1. The van der Waals surface area contributed by atoms with Gasteiger partial charge in [-0.05, 0) is 19.8 Å². The highest BCUT2D eigenvalue weighted by Gasteiger charge is 2.39. The third-order valence-corrected chi connectivity index (χ3v) is 5.17. The summed E-state index contributed by atoms with van der Waals surface area (Å²) in [6, 6.07) is -0.528. The molecule has 2 unspecified atom stereocenters. The van der Waals surface area contributed by atoms with E-state index in [1.807, 2.05) is 0 Å². The van der Waals surface area contributed by atoms with Crippen LogP contribution in [0.1, 0.15) is 26.7 Å². The number of carbonyl (C=O) groups excluding carboxylic acids is 1. The molecule has 3 N–H and O–H groups in total. The molecule has 0 radical (unpaired) electrons. The summed E-state index contributed by atoms with van der Waals surface area (Å²) in [5.41, 5.74) is -0.770. The van der Waals surface area contributed by atoms with Crippen LogP contribution >= 0.6 is 0 Å². The van der Waals surface area contributed by atoms with Crippen molar-refractivity contribution in [2.75, 3.05) is 18.1 Å². The first-order valence-electron chi connectivity index (χ1n) is 6.17. The van der Waals surface area contributed by atoms with Crippen molar-refractivity contribution >= 4 is 21.8 Å². The molecule has 1 rings (SSSR count). The Morgan fingerprint density at radius 2 is 2.05 bits per heavy atom. The number of aliphatic carboxylic acids is 1. The number of rotatable bonds is 5. The predicted octanol–water partition coefficient (Wildman–Crippen LogP) is -0.0264. The van der Waals surface area contributed by atoms with Gasteiger partial charge in [0.15, 0.2) is 9.84 Å². The van der Waals surface area contributed by atoms with Crippen molar-refractivity contribution in [2.24, 2.45) is 5.92 Å². The van der Waals surface area contributed by atoms with E-state index < -0.39 is 33.3 Å². The van der Waals surface area contributed by atoms with Crippen LogP contribution in [0.15, 0.2) is 0 Å². The zero-order valence-corrected chi connectivity index (χ0v) is 11.9. The van der Waals surface area contributed by atoms with Crippen LogP contribution in [0.4, 0.5) is 4.79 Å². The average Bonchev–Trinajstić information content (AvgIpc) is 2.52. The molecule has 110 valence electrons. The van der Waals surface area contributed by atoms with Gasteiger partial charge in [0.2, 0.25) is 0 Å². The van der Waals surface area contributed by atoms with Crippen LogP contribution in [0.3, 0.4) is 0 Å². The van der Waals surface area contributed by atoms with E-state index in [1.54, 1.807) is 13.8 Å². The summed E-state index contributed by atoms with van der Waals surface area (Å²) >= 11 is 0. The van der Waals surface area contributed by atoms with E-state index in [1.165, 1.54) is 0 Å². The van der Waals surface area contributed by atoms with E-state index in [-0.39, 0.29) is 18.1 Å². The normalized spacial score (nSPS) is 26.6. The molecule has 2 amide bonds. The van der Waals surface area contributed by atoms with E-state index in [0.29, 0.717) is 12.8 Å². The van der Waals surface area contributed by atoms with E-state index in [0.717, 1.165) is 0 Å². The molecule has 1 saturated heterocycles. The zero-order valence-electron chi connectivity index (χ0n) is 11.1. The number of urea groups is 1. The monoisotopic (exact) mass is 292 g/mol. The number of hydrogen-bond donors (Lipinski definition) is 3. The molecular weight excluding hydrogens is 272 g/mol. The van der Waals surface area contributed by atoms with E-state index in [2.05, 4.69) is 10.6 Å². The number of amides is 2.